The quantitative estimate of drug-likeness (QED) is 0.781. The molecule has 0 unspecified atom stereocenters. The van der Waals surface area contributed by atoms with E-state index < -0.39 is 0 Å². The summed E-state index contributed by atoms with van der Waals surface area (Å²) in [6, 6.07) is 15.4. The number of carbonyl (C=O) groups is 2. The van der Waals surface area contributed by atoms with Gasteiger partial charge < -0.3 is 5.32 Å². The Bertz CT molecular complexity index is 868. The van der Waals surface area contributed by atoms with Gasteiger partial charge >= 0.3 is 0 Å². The molecule has 1 N–H and O–H groups in total. The highest BCUT2D eigenvalue weighted by atomic mass is 19.1. The normalized spacial score (nSPS) is 10.7. The zero-order valence-electron chi connectivity index (χ0n) is 13.0. The van der Waals surface area contributed by atoms with E-state index in [1.54, 1.807) is 22.9 Å². The standard InChI is InChI=1S/C19H17FN2O2/c20-16-7-5-14(6-8-16)13-21-18(23)9-10-19(24)22-12-11-15-3-1-2-4-17(15)22/h1-8,11-12H,9-10,13H2,(H,21,23). The maximum absolute atomic E-state index is 12.8. The Morgan fingerprint density at radius 3 is 2.50 bits per heavy atom. The number of rotatable bonds is 5. The lowest BCUT2D eigenvalue weighted by Gasteiger charge is -2.06. The second-order valence-corrected chi connectivity index (χ2v) is 5.54. The van der Waals surface area contributed by atoms with Crippen molar-refractivity contribution in [3.05, 3.63) is 72.2 Å². The van der Waals surface area contributed by atoms with Crippen molar-refractivity contribution in [2.24, 2.45) is 0 Å². The van der Waals surface area contributed by atoms with Crippen LogP contribution < -0.4 is 5.32 Å². The number of para-hydroxylation sites is 1. The highest BCUT2D eigenvalue weighted by Gasteiger charge is 2.11. The molecule has 1 aromatic heterocycles. The van der Waals surface area contributed by atoms with Gasteiger partial charge in [-0.1, -0.05) is 30.3 Å². The first-order chi connectivity index (χ1) is 11.6. The Labute approximate surface area is 138 Å². The van der Waals surface area contributed by atoms with Crippen LogP contribution in [0.2, 0.25) is 0 Å². The van der Waals surface area contributed by atoms with E-state index in [4.69, 9.17) is 0 Å². The van der Waals surface area contributed by atoms with Crippen LogP contribution in [0.5, 0.6) is 0 Å². The highest BCUT2D eigenvalue weighted by Crippen LogP contribution is 2.15. The summed E-state index contributed by atoms with van der Waals surface area (Å²) in [6.07, 6.45) is 1.98. The van der Waals surface area contributed by atoms with Crippen molar-refractivity contribution in [2.45, 2.75) is 19.4 Å². The number of benzene rings is 2. The van der Waals surface area contributed by atoms with Gasteiger partial charge in [-0.15, -0.1) is 0 Å². The summed E-state index contributed by atoms with van der Waals surface area (Å²) in [4.78, 5) is 24.2. The van der Waals surface area contributed by atoms with E-state index in [-0.39, 0.29) is 30.5 Å². The number of fused-ring (bicyclic) bond motifs is 1. The van der Waals surface area contributed by atoms with Crippen molar-refractivity contribution in [1.29, 1.82) is 0 Å². The number of amides is 1. The maximum atomic E-state index is 12.8. The van der Waals surface area contributed by atoms with Gasteiger partial charge in [-0.3, -0.25) is 14.2 Å². The van der Waals surface area contributed by atoms with Gasteiger partial charge in [0.15, 0.2) is 0 Å². The Balaban J connectivity index is 1.52. The third-order valence-corrected chi connectivity index (χ3v) is 3.84. The minimum atomic E-state index is -0.311. The van der Waals surface area contributed by atoms with Crippen LogP contribution in [0.15, 0.2) is 60.8 Å². The fourth-order valence-electron chi connectivity index (χ4n) is 2.53. The van der Waals surface area contributed by atoms with Crippen LogP contribution in [0.3, 0.4) is 0 Å². The molecule has 24 heavy (non-hydrogen) atoms. The molecule has 0 aliphatic heterocycles. The lowest BCUT2D eigenvalue weighted by Crippen LogP contribution is -2.24. The number of aromatic nitrogens is 1. The molecule has 2 aromatic carbocycles. The third kappa shape index (κ3) is 3.68. The fraction of sp³-hybridized carbons (Fsp3) is 0.158. The van der Waals surface area contributed by atoms with Crippen molar-refractivity contribution in [3.63, 3.8) is 0 Å². The molecule has 1 amide bonds. The van der Waals surface area contributed by atoms with E-state index in [0.29, 0.717) is 6.54 Å². The summed E-state index contributed by atoms with van der Waals surface area (Å²) < 4.78 is 14.4. The van der Waals surface area contributed by atoms with E-state index in [0.717, 1.165) is 16.5 Å². The highest BCUT2D eigenvalue weighted by molar-refractivity contribution is 5.93. The van der Waals surface area contributed by atoms with Gasteiger partial charge in [-0.2, -0.15) is 0 Å². The molecule has 5 heteroatoms. The molecular formula is C19H17FN2O2. The predicted molar refractivity (Wildman–Crippen MR) is 90.0 cm³/mol. The molecule has 0 saturated carbocycles. The maximum Gasteiger partial charge on any atom is 0.231 e. The molecule has 3 rings (SSSR count). The van der Waals surface area contributed by atoms with Crippen LogP contribution in [0.4, 0.5) is 4.39 Å². The second-order valence-electron chi connectivity index (χ2n) is 5.54. The average Bonchev–Trinajstić information content (AvgIpc) is 3.03. The largest absolute Gasteiger partial charge is 0.352 e. The molecule has 0 bridgehead atoms. The zero-order chi connectivity index (χ0) is 16.9. The van der Waals surface area contributed by atoms with Crippen molar-refractivity contribution in [2.75, 3.05) is 0 Å². The smallest absolute Gasteiger partial charge is 0.231 e. The topological polar surface area (TPSA) is 51.1 Å². The van der Waals surface area contributed by atoms with E-state index in [2.05, 4.69) is 5.32 Å². The van der Waals surface area contributed by atoms with E-state index in [1.165, 1.54) is 12.1 Å². The van der Waals surface area contributed by atoms with Crippen LogP contribution in [-0.2, 0) is 11.3 Å². The summed E-state index contributed by atoms with van der Waals surface area (Å²) >= 11 is 0. The lowest BCUT2D eigenvalue weighted by atomic mass is 10.2. The first kappa shape index (κ1) is 15.9. The summed E-state index contributed by atoms with van der Waals surface area (Å²) in [5.41, 5.74) is 1.65. The number of nitrogens with one attached hydrogen (secondary N) is 1. The first-order valence-corrected chi connectivity index (χ1v) is 7.74. The number of hydrogen-bond donors (Lipinski definition) is 1. The van der Waals surface area contributed by atoms with Gasteiger partial charge in [0, 0.05) is 31.0 Å². The number of carbonyl (C=O) groups excluding carboxylic acids is 2. The third-order valence-electron chi connectivity index (χ3n) is 3.84. The molecule has 0 spiro atoms. The Morgan fingerprint density at radius 2 is 1.71 bits per heavy atom. The van der Waals surface area contributed by atoms with Gasteiger partial charge in [-0.25, -0.2) is 4.39 Å². The van der Waals surface area contributed by atoms with Gasteiger partial charge in [0.1, 0.15) is 5.82 Å². The molecule has 3 aromatic rings. The predicted octanol–water partition coefficient (Wildman–Crippen LogP) is 3.52. The van der Waals surface area contributed by atoms with E-state index in [9.17, 15) is 14.0 Å². The van der Waals surface area contributed by atoms with Crippen molar-refractivity contribution in [1.82, 2.24) is 9.88 Å². The molecule has 1 heterocycles. The Morgan fingerprint density at radius 1 is 0.958 bits per heavy atom. The minimum absolute atomic E-state index is 0.117. The summed E-state index contributed by atoms with van der Waals surface area (Å²) in [6.45, 7) is 0.319. The van der Waals surface area contributed by atoms with Gasteiger partial charge in [0.25, 0.3) is 0 Å². The molecule has 122 valence electrons. The molecule has 0 aliphatic rings. The second kappa shape index (κ2) is 7.08. The SMILES string of the molecule is O=C(CCC(=O)n1ccc2ccccc21)NCc1ccc(F)cc1. The number of hydrogen-bond acceptors (Lipinski definition) is 2. The van der Waals surface area contributed by atoms with Crippen LogP contribution in [0.1, 0.15) is 23.2 Å². The summed E-state index contributed by atoms with van der Waals surface area (Å²) in [5, 5.41) is 3.73. The van der Waals surface area contributed by atoms with E-state index >= 15 is 0 Å². The van der Waals surface area contributed by atoms with Crippen LogP contribution >= 0.6 is 0 Å². The molecule has 0 aliphatic carbocycles. The van der Waals surface area contributed by atoms with Crippen LogP contribution in [0.25, 0.3) is 10.9 Å². The fourth-order valence-corrected chi connectivity index (χ4v) is 2.53. The summed E-state index contributed by atoms with van der Waals surface area (Å²) in [5.74, 6) is -0.633. The summed E-state index contributed by atoms with van der Waals surface area (Å²) in [7, 11) is 0. The van der Waals surface area contributed by atoms with E-state index in [1.807, 2.05) is 30.3 Å². The molecule has 0 atom stereocenters. The van der Waals surface area contributed by atoms with Gasteiger partial charge in [0.2, 0.25) is 11.8 Å². The van der Waals surface area contributed by atoms with Crippen LogP contribution in [0, 0.1) is 5.82 Å². The van der Waals surface area contributed by atoms with Crippen LogP contribution in [-0.4, -0.2) is 16.4 Å². The van der Waals surface area contributed by atoms with Gasteiger partial charge in [0.05, 0.1) is 5.52 Å². The Hall–Kier alpha value is -2.95. The lowest BCUT2D eigenvalue weighted by molar-refractivity contribution is -0.121. The Kier molecular flexibility index (Phi) is 4.70. The monoisotopic (exact) mass is 324 g/mol. The first-order valence-electron chi connectivity index (χ1n) is 7.74. The van der Waals surface area contributed by atoms with Crippen molar-refractivity contribution in [3.8, 4) is 0 Å². The number of halogens is 1. The molecular weight excluding hydrogens is 307 g/mol. The van der Waals surface area contributed by atoms with Crippen molar-refractivity contribution < 1.29 is 14.0 Å². The van der Waals surface area contributed by atoms with Gasteiger partial charge in [-0.05, 0) is 29.8 Å². The molecule has 4 nitrogen and oxygen atoms in total. The minimum Gasteiger partial charge on any atom is -0.352 e. The average molecular weight is 324 g/mol. The number of nitrogens with zero attached hydrogens (tertiary/aromatic N) is 1. The molecule has 0 fully saturated rings. The molecule has 0 radical (unpaired) electrons. The zero-order valence-corrected chi connectivity index (χ0v) is 13.0. The molecule has 0 saturated heterocycles. The van der Waals surface area contributed by atoms with Crippen molar-refractivity contribution >= 4 is 22.7 Å².